The Bertz CT molecular complexity index is 723. The van der Waals surface area contributed by atoms with E-state index in [0.29, 0.717) is 12.1 Å². The lowest BCUT2D eigenvalue weighted by atomic mass is 10.2. The van der Waals surface area contributed by atoms with E-state index in [2.05, 4.69) is 66.0 Å². The average molecular weight is 421 g/mol. The summed E-state index contributed by atoms with van der Waals surface area (Å²) < 4.78 is 5.54. The van der Waals surface area contributed by atoms with Crippen molar-refractivity contribution in [2.45, 2.75) is 39.3 Å². The lowest BCUT2D eigenvalue weighted by molar-refractivity contribution is 0.0186. The van der Waals surface area contributed by atoms with Crippen LogP contribution in [0, 0.1) is 6.92 Å². The van der Waals surface area contributed by atoms with Gasteiger partial charge in [0.25, 0.3) is 0 Å². The fraction of sp³-hybridized carbons (Fsp3) is 0.571. The summed E-state index contributed by atoms with van der Waals surface area (Å²) in [6.07, 6.45) is 1.01. The third-order valence-electron chi connectivity index (χ3n) is 4.81. The lowest BCUT2D eigenvalue weighted by Crippen LogP contribution is -2.44. The first-order chi connectivity index (χ1) is 13.7. The number of hydrogen-bond acceptors (Lipinski definition) is 5. The maximum Gasteiger partial charge on any atom is 0.191 e. The summed E-state index contributed by atoms with van der Waals surface area (Å²) in [7, 11) is 0. The van der Waals surface area contributed by atoms with Gasteiger partial charge in [0.2, 0.25) is 0 Å². The fourth-order valence-electron chi connectivity index (χ4n) is 3.43. The molecule has 28 heavy (non-hydrogen) atoms. The van der Waals surface area contributed by atoms with Crippen LogP contribution >= 0.6 is 22.7 Å². The van der Waals surface area contributed by atoms with E-state index in [9.17, 15) is 0 Å². The minimum atomic E-state index is 0.314. The van der Waals surface area contributed by atoms with Crippen molar-refractivity contribution >= 4 is 28.6 Å². The topological polar surface area (TPSA) is 48.9 Å². The number of aryl methyl sites for hydroxylation is 1. The monoisotopic (exact) mass is 420 g/mol. The van der Waals surface area contributed by atoms with Crippen molar-refractivity contribution in [1.82, 2.24) is 15.5 Å². The molecule has 2 aromatic rings. The molecule has 2 unspecified atom stereocenters. The Labute approximate surface area is 176 Å². The Morgan fingerprint density at radius 3 is 2.75 bits per heavy atom. The van der Waals surface area contributed by atoms with Crippen molar-refractivity contribution in [3.63, 3.8) is 0 Å². The van der Waals surface area contributed by atoms with E-state index in [4.69, 9.17) is 9.73 Å². The molecule has 0 aliphatic carbocycles. The molecule has 2 N–H and O–H groups in total. The summed E-state index contributed by atoms with van der Waals surface area (Å²) in [6.45, 7) is 11.7. The molecule has 2 atom stereocenters. The van der Waals surface area contributed by atoms with Crippen LogP contribution in [0.15, 0.2) is 34.6 Å². The zero-order valence-electron chi connectivity index (χ0n) is 17.1. The molecule has 7 heteroatoms. The van der Waals surface area contributed by atoms with Crippen molar-refractivity contribution in [3.05, 3.63) is 44.3 Å². The molecule has 0 amide bonds. The smallest absolute Gasteiger partial charge is 0.191 e. The molecule has 1 saturated heterocycles. The summed E-state index contributed by atoms with van der Waals surface area (Å²) >= 11 is 3.69. The molecule has 0 saturated carbocycles. The third kappa shape index (κ3) is 6.30. The number of ether oxygens (including phenoxy) is 1. The molecular weight excluding hydrogens is 388 g/mol. The van der Waals surface area contributed by atoms with Gasteiger partial charge >= 0.3 is 0 Å². The highest BCUT2D eigenvalue weighted by molar-refractivity contribution is 7.11. The van der Waals surface area contributed by atoms with Crippen molar-refractivity contribution in [1.29, 1.82) is 0 Å². The Balaban J connectivity index is 1.64. The summed E-state index contributed by atoms with van der Waals surface area (Å²) in [5.41, 5.74) is 0. The zero-order chi connectivity index (χ0) is 19.8. The number of guanidine groups is 1. The summed E-state index contributed by atoms with van der Waals surface area (Å²) in [6, 6.07) is 9.43. The van der Waals surface area contributed by atoms with Gasteiger partial charge in [-0.25, -0.2) is 0 Å². The molecule has 1 fully saturated rings. The Morgan fingerprint density at radius 1 is 1.29 bits per heavy atom. The molecule has 3 rings (SSSR count). The van der Waals surface area contributed by atoms with Crippen LogP contribution in [-0.2, 0) is 11.2 Å². The fourth-order valence-corrected chi connectivity index (χ4v) is 5.31. The number of morpholine rings is 1. The van der Waals surface area contributed by atoms with Gasteiger partial charge in [0.05, 0.1) is 25.8 Å². The predicted octanol–water partition coefficient (Wildman–Crippen LogP) is 3.68. The molecule has 3 heterocycles. The van der Waals surface area contributed by atoms with Crippen LogP contribution in [0.1, 0.15) is 34.5 Å². The van der Waals surface area contributed by atoms with E-state index >= 15 is 0 Å². The third-order valence-corrected chi connectivity index (χ3v) is 6.81. The SMILES string of the molecule is CCNC(=NCC(c1cccs1)N1CCOCC1)NC(C)Cc1ccc(C)s1. The first-order valence-corrected chi connectivity index (χ1v) is 11.8. The highest BCUT2D eigenvalue weighted by Crippen LogP contribution is 2.26. The highest BCUT2D eigenvalue weighted by Gasteiger charge is 2.23. The molecule has 5 nitrogen and oxygen atoms in total. The van der Waals surface area contributed by atoms with E-state index in [1.54, 1.807) is 0 Å². The highest BCUT2D eigenvalue weighted by atomic mass is 32.1. The molecule has 0 radical (unpaired) electrons. The maximum absolute atomic E-state index is 5.54. The van der Waals surface area contributed by atoms with E-state index in [-0.39, 0.29) is 0 Å². The van der Waals surface area contributed by atoms with Gasteiger partial charge in [-0.15, -0.1) is 22.7 Å². The van der Waals surface area contributed by atoms with Crippen LogP contribution in [0.5, 0.6) is 0 Å². The van der Waals surface area contributed by atoms with Crippen LogP contribution in [-0.4, -0.2) is 56.3 Å². The lowest BCUT2D eigenvalue weighted by Gasteiger charge is -2.33. The molecule has 1 aliphatic heterocycles. The summed E-state index contributed by atoms with van der Waals surface area (Å²) in [5.74, 6) is 0.901. The Hall–Kier alpha value is -1.41. The first-order valence-electron chi connectivity index (χ1n) is 10.1. The van der Waals surface area contributed by atoms with Gasteiger partial charge < -0.3 is 15.4 Å². The molecule has 1 aliphatic rings. The van der Waals surface area contributed by atoms with Crippen molar-refractivity contribution < 1.29 is 4.74 Å². The first kappa shape index (κ1) is 21.3. The Morgan fingerprint density at radius 2 is 2.11 bits per heavy atom. The summed E-state index contributed by atoms with van der Waals surface area (Å²) in [5, 5.41) is 9.15. The number of thiophene rings is 2. The molecule has 2 aromatic heterocycles. The van der Waals surface area contributed by atoms with Crippen LogP contribution in [0.3, 0.4) is 0 Å². The van der Waals surface area contributed by atoms with Gasteiger partial charge in [-0.1, -0.05) is 6.07 Å². The van der Waals surface area contributed by atoms with E-state index in [1.165, 1.54) is 14.6 Å². The van der Waals surface area contributed by atoms with Gasteiger partial charge in [-0.2, -0.15) is 0 Å². The normalized spacial score (nSPS) is 18.0. The number of rotatable bonds is 8. The maximum atomic E-state index is 5.54. The van der Waals surface area contributed by atoms with E-state index in [1.807, 2.05) is 22.7 Å². The molecular formula is C21H32N4OS2. The largest absolute Gasteiger partial charge is 0.379 e. The minimum Gasteiger partial charge on any atom is -0.379 e. The van der Waals surface area contributed by atoms with Crippen LogP contribution in [0.4, 0.5) is 0 Å². The Kier molecular flexibility index (Phi) is 8.33. The second-order valence-corrected chi connectivity index (χ2v) is 9.51. The van der Waals surface area contributed by atoms with Gasteiger partial charge in [0.1, 0.15) is 0 Å². The summed E-state index contributed by atoms with van der Waals surface area (Å²) in [4.78, 5) is 11.6. The molecule has 0 spiro atoms. The van der Waals surface area contributed by atoms with Gasteiger partial charge in [0.15, 0.2) is 5.96 Å². The van der Waals surface area contributed by atoms with Crippen molar-refractivity contribution in [3.8, 4) is 0 Å². The zero-order valence-corrected chi connectivity index (χ0v) is 18.7. The number of nitrogens with one attached hydrogen (secondary N) is 2. The van der Waals surface area contributed by atoms with Crippen LogP contribution < -0.4 is 10.6 Å². The van der Waals surface area contributed by atoms with Crippen molar-refractivity contribution in [2.24, 2.45) is 4.99 Å². The quantitative estimate of drug-likeness (QED) is 0.505. The average Bonchev–Trinajstić information content (AvgIpc) is 3.35. The standard InChI is InChI=1S/C21H32N4OS2/c1-4-22-21(24-16(2)14-18-8-7-17(3)28-18)23-15-19(20-6-5-13-27-20)25-9-11-26-12-10-25/h5-8,13,16,19H,4,9-12,14-15H2,1-3H3,(H2,22,23,24). The second kappa shape index (κ2) is 11.0. The van der Waals surface area contributed by atoms with Crippen LogP contribution in [0.25, 0.3) is 0 Å². The number of hydrogen-bond donors (Lipinski definition) is 2. The molecule has 0 aromatic carbocycles. The predicted molar refractivity (Wildman–Crippen MR) is 121 cm³/mol. The number of aliphatic imine (C=N–C) groups is 1. The van der Waals surface area contributed by atoms with Gasteiger partial charge in [-0.05, 0) is 44.4 Å². The minimum absolute atomic E-state index is 0.314. The van der Waals surface area contributed by atoms with E-state index < -0.39 is 0 Å². The molecule has 0 bridgehead atoms. The van der Waals surface area contributed by atoms with Gasteiger partial charge in [0, 0.05) is 46.7 Å². The van der Waals surface area contributed by atoms with E-state index in [0.717, 1.165) is 51.8 Å². The second-order valence-electron chi connectivity index (χ2n) is 7.16. The molecule has 154 valence electrons. The van der Waals surface area contributed by atoms with Gasteiger partial charge in [-0.3, -0.25) is 9.89 Å². The van der Waals surface area contributed by atoms with Crippen molar-refractivity contribution in [2.75, 3.05) is 39.4 Å². The van der Waals surface area contributed by atoms with Crippen LogP contribution in [0.2, 0.25) is 0 Å². The number of nitrogens with zero attached hydrogens (tertiary/aromatic N) is 2.